The van der Waals surface area contributed by atoms with Crippen LogP contribution in [0, 0.1) is 0 Å². The molecule has 0 aliphatic carbocycles. The van der Waals surface area contributed by atoms with Crippen LogP contribution >= 0.6 is 0 Å². The van der Waals surface area contributed by atoms with E-state index in [1.165, 1.54) is 11.1 Å². The second-order valence-electron chi connectivity index (χ2n) is 3.15. The first-order chi connectivity index (χ1) is 6.95. The highest BCUT2D eigenvalue weighted by Crippen LogP contribution is 2.06. The molecule has 0 nitrogen and oxygen atoms in total. The lowest BCUT2D eigenvalue weighted by Crippen LogP contribution is -1.70. The van der Waals surface area contributed by atoms with Crippen LogP contribution in [0.4, 0.5) is 0 Å². The van der Waals surface area contributed by atoms with Crippen LogP contribution in [-0.2, 0) is 0 Å². The van der Waals surface area contributed by atoms with Crippen LogP contribution in [0.3, 0.4) is 0 Å². The van der Waals surface area contributed by atoms with Gasteiger partial charge in [0.25, 0.3) is 0 Å². The van der Waals surface area contributed by atoms with E-state index in [9.17, 15) is 0 Å². The molecule has 2 aromatic carbocycles. The van der Waals surface area contributed by atoms with Gasteiger partial charge in [-0.25, -0.2) is 0 Å². The minimum Gasteiger partial charge on any atom is -0.0776 e. The second-order valence-corrected chi connectivity index (χ2v) is 3.15. The Morgan fingerprint density at radius 1 is 0.533 bits per heavy atom. The third kappa shape index (κ3) is 3.43. The minimum absolute atomic E-state index is 0. The molecule has 2 rings (SSSR count). The molecule has 0 heteroatoms. The third-order valence-electron chi connectivity index (χ3n) is 2.07. The van der Waals surface area contributed by atoms with Gasteiger partial charge < -0.3 is 0 Å². The van der Waals surface area contributed by atoms with Gasteiger partial charge in [-0.05, 0) is 11.1 Å². The maximum atomic E-state index is 2.12. The van der Waals surface area contributed by atoms with Gasteiger partial charge in [-0.3, -0.25) is 0 Å². The smallest absolute Gasteiger partial charge is 0.0256 e. The normalized spacial score (nSPS) is 9.87. The predicted molar refractivity (Wildman–Crippen MR) is 68.5 cm³/mol. The molecule has 15 heavy (non-hydrogen) atoms. The molecule has 0 aliphatic heterocycles. The maximum Gasteiger partial charge on any atom is -0.0256 e. The summed E-state index contributed by atoms with van der Waals surface area (Å²) in [5, 5.41) is 0. The largest absolute Gasteiger partial charge is 0.0776 e. The van der Waals surface area contributed by atoms with Gasteiger partial charge in [0.2, 0.25) is 0 Å². The topological polar surface area (TPSA) is 0 Å². The fraction of sp³-hybridized carbons (Fsp3) is 0.0667. The molecule has 0 N–H and O–H groups in total. The molecule has 0 amide bonds. The summed E-state index contributed by atoms with van der Waals surface area (Å²) >= 11 is 0. The van der Waals surface area contributed by atoms with Gasteiger partial charge in [-0.15, -0.1) is 0 Å². The number of hydrogen-bond acceptors (Lipinski definition) is 0. The Morgan fingerprint density at radius 2 is 0.867 bits per heavy atom. The van der Waals surface area contributed by atoms with Gasteiger partial charge in [-0.2, -0.15) is 0 Å². The summed E-state index contributed by atoms with van der Waals surface area (Å²) in [6.07, 6.45) is 4.24. The fourth-order valence-corrected chi connectivity index (χ4v) is 1.32. The monoisotopic (exact) mass is 196 g/mol. The van der Waals surface area contributed by atoms with E-state index in [2.05, 4.69) is 36.4 Å². The molecule has 0 fully saturated rings. The minimum atomic E-state index is 0. The van der Waals surface area contributed by atoms with Gasteiger partial charge in [0.1, 0.15) is 0 Å². The van der Waals surface area contributed by atoms with Gasteiger partial charge in [0, 0.05) is 0 Å². The summed E-state index contributed by atoms with van der Waals surface area (Å²) in [5.74, 6) is 0. The van der Waals surface area contributed by atoms with Crippen molar-refractivity contribution in [2.45, 2.75) is 7.43 Å². The molecule has 0 spiro atoms. The highest BCUT2D eigenvalue weighted by molar-refractivity contribution is 5.69. The van der Waals surface area contributed by atoms with E-state index in [1.54, 1.807) is 0 Å². The summed E-state index contributed by atoms with van der Waals surface area (Å²) in [7, 11) is 0. The lowest BCUT2D eigenvalue weighted by atomic mass is 10.1. The number of hydrogen-bond donors (Lipinski definition) is 0. The van der Waals surface area contributed by atoms with E-state index in [0.29, 0.717) is 0 Å². The van der Waals surface area contributed by atoms with Crippen molar-refractivity contribution in [2.24, 2.45) is 0 Å². The lowest BCUT2D eigenvalue weighted by molar-refractivity contribution is 1.65. The molecule has 0 radical (unpaired) electrons. The van der Waals surface area contributed by atoms with Crippen molar-refractivity contribution in [3.8, 4) is 0 Å². The van der Waals surface area contributed by atoms with Crippen LogP contribution in [0.5, 0.6) is 0 Å². The molecular formula is C15H16. The Balaban J connectivity index is 0.00000112. The Bertz CT molecular complexity index is 357. The van der Waals surface area contributed by atoms with Crippen LogP contribution in [-0.4, -0.2) is 0 Å². The first-order valence-corrected chi connectivity index (χ1v) is 4.73. The van der Waals surface area contributed by atoms with Gasteiger partial charge in [0.15, 0.2) is 0 Å². The van der Waals surface area contributed by atoms with E-state index in [0.717, 1.165) is 0 Å². The Hall–Kier alpha value is -1.82. The van der Waals surface area contributed by atoms with Crippen LogP contribution in [0.15, 0.2) is 60.7 Å². The molecule has 0 unspecified atom stereocenters. The van der Waals surface area contributed by atoms with Crippen LogP contribution in [0.2, 0.25) is 0 Å². The maximum absolute atomic E-state index is 2.12. The van der Waals surface area contributed by atoms with E-state index in [4.69, 9.17) is 0 Å². The van der Waals surface area contributed by atoms with Crippen molar-refractivity contribution in [2.75, 3.05) is 0 Å². The molecule has 0 aliphatic rings. The molecule has 0 aromatic heterocycles. The summed E-state index contributed by atoms with van der Waals surface area (Å²) in [6, 6.07) is 20.6. The van der Waals surface area contributed by atoms with Crippen LogP contribution in [0.25, 0.3) is 12.2 Å². The zero-order valence-electron chi connectivity index (χ0n) is 7.93. The SMILES string of the molecule is C.C(=Cc1ccccc1)c1ccccc1. The molecule has 0 saturated carbocycles. The highest BCUT2D eigenvalue weighted by Gasteiger charge is 1.84. The van der Waals surface area contributed by atoms with Gasteiger partial charge in [-0.1, -0.05) is 80.2 Å². The average Bonchev–Trinajstić information content (AvgIpc) is 2.29. The molecule has 0 heterocycles. The zero-order chi connectivity index (χ0) is 9.64. The average molecular weight is 196 g/mol. The van der Waals surface area contributed by atoms with Crippen molar-refractivity contribution < 1.29 is 0 Å². The molecule has 2 aromatic rings. The van der Waals surface area contributed by atoms with Crippen LogP contribution in [0.1, 0.15) is 18.6 Å². The van der Waals surface area contributed by atoms with E-state index < -0.39 is 0 Å². The predicted octanol–water partition coefficient (Wildman–Crippen LogP) is 4.49. The second kappa shape index (κ2) is 5.82. The standard InChI is InChI=1S/C14H12.CH4/c1-3-7-13(8-4-1)11-12-14-9-5-2-6-10-14;/h1-12H;1H4. The van der Waals surface area contributed by atoms with E-state index in [1.807, 2.05) is 36.4 Å². The first kappa shape index (κ1) is 11.3. The third-order valence-corrected chi connectivity index (χ3v) is 2.07. The summed E-state index contributed by atoms with van der Waals surface area (Å²) in [4.78, 5) is 0. The van der Waals surface area contributed by atoms with Crippen molar-refractivity contribution in [1.29, 1.82) is 0 Å². The molecule has 76 valence electrons. The van der Waals surface area contributed by atoms with Gasteiger partial charge >= 0.3 is 0 Å². The molecule has 0 bridgehead atoms. The Morgan fingerprint density at radius 3 is 1.20 bits per heavy atom. The molecule has 0 saturated heterocycles. The first-order valence-electron chi connectivity index (χ1n) is 4.73. The van der Waals surface area contributed by atoms with E-state index in [-0.39, 0.29) is 7.43 Å². The van der Waals surface area contributed by atoms with E-state index >= 15 is 0 Å². The molecular weight excluding hydrogens is 180 g/mol. The summed E-state index contributed by atoms with van der Waals surface area (Å²) in [6.45, 7) is 0. The fourth-order valence-electron chi connectivity index (χ4n) is 1.32. The highest BCUT2D eigenvalue weighted by atomic mass is 13.9. The van der Waals surface area contributed by atoms with Gasteiger partial charge in [0.05, 0.1) is 0 Å². The van der Waals surface area contributed by atoms with Crippen molar-refractivity contribution >= 4 is 12.2 Å². The quantitative estimate of drug-likeness (QED) is 0.621. The summed E-state index contributed by atoms with van der Waals surface area (Å²) < 4.78 is 0. The Labute approximate surface area is 91.9 Å². The molecule has 0 atom stereocenters. The van der Waals surface area contributed by atoms with Crippen molar-refractivity contribution in [3.05, 3.63) is 71.8 Å². The lowest BCUT2D eigenvalue weighted by Gasteiger charge is -1.92. The Kier molecular flexibility index (Phi) is 4.36. The number of benzene rings is 2. The van der Waals surface area contributed by atoms with Crippen LogP contribution < -0.4 is 0 Å². The number of rotatable bonds is 2. The van der Waals surface area contributed by atoms with Crippen molar-refractivity contribution in [1.82, 2.24) is 0 Å². The van der Waals surface area contributed by atoms with Crippen molar-refractivity contribution in [3.63, 3.8) is 0 Å². The summed E-state index contributed by atoms with van der Waals surface area (Å²) in [5.41, 5.74) is 2.47. The zero-order valence-corrected chi connectivity index (χ0v) is 7.93.